The van der Waals surface area contributed by atoms with Crippen LogP contribution in [0.15, 0.2) is 71.8 Å². The third-order valence-corrected chi connectivity index (χ3v) is 4.53. The standard InChI is InChI=1S/C23H16F3N3O5/c1-14-8-10-15(11-9-14)21(30)28-27-13-17-5-3-7-19(29(32)33)20(17)34-22(31)16-4-2-6-18(12-16)23(24,25)26/h2-13H,1H3,(H,28,30)/b27-13+. The predicted molar refractivity (Wildman–Crippen MR) is 116 cm³/mol. The van der Waals surface area contributed by atoms with E-state index in [2.05, 4.69) is 10.5 Å². The molecule has 1 amide bonds. The van der Waals surface area contributed by atoms with E-state index in [0.29, 0.717) is 11.6 Å². The maximum atomic E-state index is 12.9. The lowest BCUT2D eigenvalue weighted by molar-refractivity contribution is -0.385. The number of rotatable bonds is 6. The van der Waals surface area contributed by atoms with Crippen LogP contribution in [0.2, 0.25) is 0 Å². The zero-order valence-corrected chi connectivity index (χ0v) is 17.5. The van der Waals surface area contributed by atoms with Crippen LogP contribution in [-0.4, -0.2) is 23.0 Å². The lowest BCUT2D eigenvalue weighted by Crippen LogP contribution is -2.18. The molecule has 0 atom stereocenters. The Morgan fingerprint density at radius 2 is 1.71 bits per heavy atom. The van der Waals surface area contributed by atoms with Crippen LogP contribution < -0.4 is 10.2 Å². The van der Waals surface area contributed by atoms with Gasteiger partial charge in [0.15, 0.2) is 0 Å². The number of carbonyl (C=O) groups excluding carboxylic acids is 2. The van der Waals surface area contributed by atoms with Crippen molar-refractivity contribution in [3.8, 4) is 5.75 Å². The number of esters is 1. The number of nitrogens with zero attached hydrogens (tertiary/aromatic N) is 2. The van der Waals surface area contributed by atoms with Crippen molar-refractivity contribution in [3.63, 3.8) is 0 Å². The van der Waals surface area contributed by atoms with Gasteiger partial charge in [-0.25, -0.2) is 10.2 Å². The number of benzene rings is 3. The van der Waals surface area contributed by atoms with Gasteiger partial charge in [0.25, 0.3) is 5.91 Å². The number of nitro groups is 1. The second-order valence-corrected chi connectivity index (χ2v) is 6.99. The summed E-state index contributed by atoms with van der Waals surface area (Å²) < 4.78 is 43.9. The highest BCUT2D eigenvalue weighted by molar-refractivity contribution is 5.96. The summed E-state index contributed by atoms with van der Waals surface area (Å²) in [6.45, 7) is 1.85. The van der Waals surface area contributed by atoms with Crippen LogP contribution in [0.3, 0.4) is 0 Å². The first kappa shape index (κ1) is 24.1. The second kappa shape index (κ2) is 9.94. The van der Waals surface area contributed by atoms with Gasteiger partial charge < -0.3 is 4.74 Å². The quantitative estimate of drug-likeness (QED) is 0.181. The summed E-state index contributed by atoms with van der Waals surface area (Å²) in [6.07, 6.45) is -3.67. The molecule has 0 spiro atoms. The van der Waals surface area contributed by atoms with Crippen LogP contribution in [0.1, 0.15) is 37.4 Å². The molecule has 0 unspecified atom stereocenters. The molecule has 0 aliphatic heterocycles. The number of aryl methyl sites for hydroxylation is 1. The normalized spacial score (nSPS) is 11.3. The van der Waals surface area contributed by atoms with E-state index >= 15 is 0 Å². The Kier molecular flexibility index (Phi) is 7.05. The number of para-hydroxylation sites is 1. The highest BCUT2D eigenvalue weighted by Gasteiger charge is 2.31. The molecule has 174 valence electrons. The Hall–Kier alpha value is -4.54. The van der Waals surface area contributed by atoms with Crippen molar-refractivity contribution in [1.29, 1.82) is 0 Å². The Bertz CT molecular complexity index is 1270. The first-order chi connectivity index (χ1) is 16.1. The molecular formula is C23H16F3N3O5. The van der Waals surface area contributed by atoms with Gasteiger partial charge in [0.1, 0.15) is 0 Å². The maximum Gasteiger partial charge on any atom is 0.416 e. The van der Waals surface area contributed by atoms with Gasteiger partial charge >= 0.3 is 17.8 Å². The van der Waals surface area contributed by atoms with Gasteiger partial charge in [-0.3, -0.25) is 14.9 Å². The molecule has 8 nitrogen and oxygen atoms in total. The number of amides is 1. The van der Waals surface area contributed by atoms with Gasteiger partial charge in [0.05, 0.1) is 22.3 Å². The summed E-state index contributed by atoms with van der Waals surface area (Å²) in [6, 6.07) is 13.7. The molecule has 0 aromatic heterocycles. The fourth-order valence-corrected chi connectivity index (χ4v) is 2.80. The van der Waals surface area contributed by atoms with Gasteiger partial charge in [-0.1, -0.05) is 29.8 Å². The first-order valence-electron chi connectivity index (χ1n) is 9.63. The maximum absolute atomic E-state index is 12.9. The number of halogens is 3. The molecule has 3 aromatic rings. The van der Waals surface area contributed by atoms with Crippen molar-refractivity contribution >= 4 is 23.8 Å². The molecular weight excluding hydrogens is 455 g/mol. The van der Waals surface area contributed by atoms with Crippen LogP contribution in [0.4, 0.5) is 18.9 Å². The second-order valence-electron chi connectivity index (χ2n) is 6.99. The predicted octanol–water partition coefficient (Wildman–Crippen LogP) is 4.91. The smallest absolute Gasteiger partial charge is 0.415 e. The van der Waals surface area contributed by atoms with E-state index in [0.717, 1.165) is 36.0 Å². The first-order valence-corrected chi connectivity index (χ1v) is 9.63. The minimum absolute atomic E-state index is 0.0567. The van der Waals surface area contributed by atoms with Crippen molar-refractivity contribution in [2.24, 2.45) is 5.10 Å². The van der Waals surface area contributed by atoms with Crippen LogP contribution >= 0.6 is 0 Å². The highest BCUT2D eigenvalue weighted by atomic mass is 19.4. The zero-order chi connectivity index (χ0) is 24.9. The Labute approximate surface area is 190 Å². The van der Waals surface area contributed by atoms with Gasteiger partial charge in [0, 0.05) is 17.2 Å². The van der Waals surface area contributed by atoms with E-state index in [9.17, 15) is 32.9 Å². The van der Waals surface area contributed by atoms with Crippen LogP contribution in [0.5, 0.6) is 5.75 Å². The van der Waals surface area contributed by atoms with Gasteiger partial charge in [-0.2, -0.15) is 18.3 Å². The molecule has 0 saturated carbocycles. The fourth-order valence-electron chi connectivity index (χ4n) is 2.80. The Morgan fingerprint density at radius 1 is 1.03 bits per heavy atom. The Balaban J connectivity index is 1.86. The van der Waals surface area contributed by atoms with Crippen LogP contribution in [0.25, 0.3) is 0 Å². The SMILES string of the molecule is Cc1ccc(C(=O)N/N=C/c2cccc([N+](=O)[O-])c2OC(=O)c2cccc(C(F)(F)F)c2)cc1. The number of hydrazone groups is 1. The molecule has 34 heavy (non-hydrogen) atoms. The third kappa shape index (κ3) is 5.82. The largest absolute Gasteiger partial charge is 0.416 e. The number of hydrogen-bond acceptors (Lipinski definition) is 6. The van der Waals surface area contributed by atoms with Crippen LogP contribution in [-0.2, 0) is 6.18 Å². The minimum Gasteiger partial charge on any atom is -0.415 e. The van der Waals surface area contributed by atoms with E-state index in [1.54, 1.807) is 24.3 Å². The van der Waals surface area contributed by atoms with Crippen LogP contribution in [0, 0.1) is 17.0 Å². The molecule has 1 N–H and O–H groups in total. The molecule has 0 saturated heterocycles. The number of carbonyl (C=O) groups is 2. The van der Waals surface area contributed by atoms with Crippen molar-refractivity contribution < 1.29 is 32.4 Å². The van der Waals surface area contributed by atoms with Gasteiger partial charge in [-0.05, 0) is 43.3 Å². The molecule has 0 fully saturated rings. The number of nitro benzene ring substituents is 1. The van der Waals surface area contributed by atoms with E-state index in [-0.39, 0.29) is 5.56 Å². The van der Waals surface area contributed by atoms with Crippen molar-refractivity contribution in [2.45, 2.75) is 13.1 Å². The topological polar surface area (TPSA) is 111 Å². The summed E-state index contributed by atoms with van der Waals surface area (Å²) in [4.78, 5) is 35.3. The summed E-state index contributed by atoms with van der Waals surface area (Å²) in [7, 11) is 0. The highest BCUT2D eigenvalue weighted by Crippen LogP contribution is 2.32. The molecule has 0 aliphatic rings. The van der Waals surface area contributed by atoms with E-state index in [1.807, 2.05) is 6.92 Å². The number of nitrogens with one attached hydrogen (secondary N) is 1. The average Bonchev–Trinajstić information content (AvgIpc) is 2.79. The van der Waals surface area contributed by atoms with Crippen molar-refractivity contribution in [1.82, 2.24) is 5.43 Å². The summed E-state index contributed by atoms with van der Waals surface area (Å²) >= 11 is 0. The number of alkyl halides is 3. The zero-order valence-electron chi connectivity index (χ0n) is 17.5. The molecule has 0 heterocycles. The minimum atomic E-state index is -4.69. The average molecular weight is 471 g/mol. The van der Waals surface area contributed by atoms with Crippen molar-refractivity contribution in [3.05, 3.63) is 105 Å². The third-order valence-electron chi connectivity index (χ3n) is 4.53. The summed E-state index contributed by atoms with van der Waals surface area (Å²) in [5.74, 6) is -2.33. The molecule has 0 aliphatic carbocycles. The number of ether oxygens (including phenoxy) is 1. The fraction of sp³-hybridized carbons (Fsp3) is 0.0870. The lowest BCUT2D eigenvalue weighted by Gasteiger charge is -2.10. The molecule has 0 radical (unpaired) electrons. The van der Waals surface area contributed by atoms with Gasteiger partial charge in [0.2, 0.25) is 5.75 Å². The van der Waals surface area contributed by atoms with E-state index in [1.165, 1.54) is 12.1 Å². The van der Waals surface area contributed by atoms with Gasteiger partial charge in [-0.15, -0.1) is 0 Å². The Morgan fingerprint density at radius 3 is 2.35 bits per heavy atom. The van der Waals surface area contributed by atoms with Crippen molar-refractivity contribution in [2.75, 3.05) is 0 Å². The molecule has 0 bridgehead atoms. The number of hydrogen-bond donors (Lipinski definition) is 1. The molecule has 3 aromatic carbocycles. The molecule has 3 rings (SSSR count). The monoisotopic (exact) mass is 471 g/mol. The molecule has 11 heteroatoms. The van der Waals surface area contributed by atoms with E-state index in [4.69, 9.17) is 4.74 Å². The van der Waals surface area contributed by atoms with E-state index < -0.39 is 45.5 Å². The summed E-state index contributed by atoms with van der Waals surface area (Å²) in [5.41, 5.74) is 1.31. The summed E-state index contributed by atoms with van der Waals surface area (Å²) in [5, 5.41) is 15.2. The lowest BCUT2D eigenvalue weighted by atomic mass is 10.1.